The minimum absolute atomic E-state index is 0.390. The molecule has 0 radical (unpaired) electrons. The summed E-state index contributed by atoms with van der Waals surface area (Å²) in [7, 11) is 0. The Hall–Kier alpha value is -1.76. The Kier molecular flexibility index (Phi) is 4.26. The Morgan fingerprint density at radius 3 is 2.95 bits per heavy atom. The van der Waals surface area contributed by atoms with Gasteiger partial charge in [0.2, 0.25) is 0 Å². The van der Waals surface area contributed by atoms with Crippen LogP contribution in [0.3, 0.4) is 0 Å². The molecule has 1 aromatic heterocycles. The van der Waals surface area contributed by atoms with Gasteiger partial charge in [0.15, 0.2) is 0 Å². The van der Waals surface area contributed by atoms with Crippen LogP contribution in [0.2, 0.25) is 0 Å². The Bertz CT molecular complexity index is 478. The minimum atomic E-state index is -0.968. The lowest BCUT2D eigenvalue weighted by Gasteiger charge is -2.32. The van der Waals surface area contributed by atoms with Crippen molar-refractivity contribution < 1.29 is 14.7 Å². The number of carboxylic acids is 1. The van der Waals surface area contributed by atoms with Crippen LogP contribution >= 0.6 is 11.8 Å². The summed E-state index contributed by atoms with van der Waals surface area (Å²) in [5.41, 5.74) is 1.42. The standard InChI is InChI=1S/C12H15N3O3S/c1-8-2-3-9(6-13-8)14-12(18)15-4-5-19-7-10(15)11(16)17/h2-3,6,10H,4-5,7H2,1H3,(H,14,18)(H,16,17). The fourth-order valence-electron chi connectivity index (χ4n) is 1.79. The van der Waals surface area contributed by atoms with Crippen LogP contribution in [0.25, 0.3) is 0 Å². The van der Waals surface area contributed by atoms with Crippen molar-refractivity contribution in [2.75, 3.05) is 23.4 Å². The summed E-state index contributed by atoms with van der Waals surface area (Å²) in [6.45, 7) is 2.29. The lowest BCUT2D eigenvalue weighted by Crippen LogP contribution is -2.51. The molecule has 2 rings (SSSR count). The molecule has 1 aromatic rings. The number of carboxylic acid groups (broad SMARTS) is 1. The molecular weight excluding hydrogens is 266 g/mol. The first-order chi connectivity index (χ1) is 9.08. The SMILES string of the molecule is Cc1ccc(NC(=O)N2CCSCC2C(=O)O)cn1. The average Bonchev–Trinajstić information content (AvgIpc) is 2.41. The highest BCUT2D eigenvalue weighted by Gasteiger charge is 2.32. The summed E-state index contributed by atoms with van der Waals surface area (Å²) < 4.78 is 0. The van der Waals surface area contributed by atoms with Gasteiger partial charge in [-0.3, -0.25) is 4.98 Å². The number of pyridine rings is 1. The second kappa shape index (κ2) is 5.92. The summed E-state index contributed by atoms with van der Waals surface area (Å²) in [5, 5.41) is 11.8. The normalized spacial score (nSPS) is 19.0. The van der Waals surface area contributed by atoms with Crippen LogP contribution in [-0.4, -0.2) is 51.1 Å². The molecular formula is C12H15N3O3S. The molecule has 102 valence electrons. The summed E-state index contributed by atoms with van der Waals surface area (Å²) in [6, 6.07) is 2.38. The molecule has 0 spiro atoms. The van der Waals surface area contributed by atoms with Gasteiger partial charge < -0.3 is 15.3 Å². The van der Waals surface area contributed by atoms with Gasteiger partial charge in [0.05, 0.1) is 11.9 Å². The number of carbonyl (C=O) groups is 2. The maximum atomic E-state index is 12.1. The van der Waals surface area contributed by atoms with E-state index < -0.39 is 18.0 Å². The predicted molar refractivity (Wildman–Crippen MR) is 73.4 cm³/mol. The van der Waals surface area contributed by atoms with Crippen molar-refractivity contribution in [3.63, 3.8) is 0 Å². The van der Waals surface area contributed by atoms with E-state index in [1.807, 2.05) is 6.92 Å². The number of hydrogen-bond donors (Lipinski definition) is 2. The molecule has 1 aliphatic heterocycles. The zero-order valence-corrected chi connectivity index (χ0v) is 11.3. The maximum Gasteiger partial charge on any atom is 0.327 e. The third-order valence-corrected chi connectivity index (χ3v) is 3.86. The molecule has 1 fully saturated rings. The number of aromatic nitrogens is 1. The number of nitrogens with zero attached hydrogens (tertiary/aromatic N) is 2. The number of urea groups is 1. The molecule has 1 aliphatic rings. The van der Waals surface area contributed by atoms with Gasteiger partial charge in [0.1, 0.15) is 6.04 Å². The third kappa shape index (κ3) is 3.37. The predicted octanol–water partition coefficient (Wildman–Crippen LogP) is 1.42. The minimum Gasteiger partial charge on any atom is -0.480 e. The number of aliphatic carboxylic acids is 1. The molecule has 6 nitrogen and oxygen atoms in total. The fraction of sp³-hybridized carbons (Fsp3) is 0.417. The molecule has 1 atom stereocenters. The summed E-state index contributed by atoms with van der Waals surface area (Å²) in [6.07, 6.45) is 1.56. The van der Waals surface area contributed by atoms with Gasteiger partial charge in [-0.1, -0.05) is 0 Å². The number of amides is 2. The van der Waals surface area contributed by atoms with Crippen molar-refractivity contribution in [2.45, 2.75) is 13.0 Å². The number of thioether (sulfide) groups is 1. The largest absolute Gasteiger partial charge is 0.480 e. The number of nitrogens with one attached hydrogen (secondary N) is 1. The van der Waals surface area contributed by atoms with Crippen molar-refractivity contribution in [1.29, 1.82) is 0 Å². The van der Waals surface area contributed by atoms with Crippen LogP contribution in [0.5, 0.6) is 0 Å². The maximum absolute atomic E-state index is 12.1. The van der Waals surface area contributed by atoms with Gasteiger partial charge in [-0.2, -0.15) is 11.8 Å². The third-order valence-electron chi connectivity index (χ3n) is 2.84. The van der Waals surface area contributed by atoms with Gasteiger partial charge in [-0.25, -0.2) is 9.59 Å². The highest BCUT2D eigenvalue weighted by Crippen LogP contribution is 2.18. The second-order valence-corrected chi connectivity index (χ2v) is 5.39. The van der Waals surface area contributed by atoms with Gasteiger partial charge in [0, 0.05) is 23.7 Å². The molecule has 0 bridgehead atoms. The van der Waals surface area contributed by atoms with E-state index in [2.05, 4.69) is 10.3 Å². The summed E-state index contributed by atoms with van der Waals surface area (Å²) >= 11 is 1.55. The van der Waals surface area contributed by atoms with E-state index in [4.69, 9.17) is 5.11 Å². The van der Waals surface area contributed by atoms with Crippen molar-refractivity contribution in [3.8, 4) is 0 Å². The Morgan fingerprint density at radius 2 is 2.32 bits per heavy atom. The number of rotatable bonds is 2. The Morgan fingerprint density at radius 1 is 1.53 bits per heavy atom. The van der Waals surface area contributed by atoms with E-state index in [0.717, 1.165) is 11.4 Å². The topological polar surface area (TPSA) is 82.5 Å². The monoisotopic (exact) mass is 281 g/mol. The number of aryl methyl sites for hydroxylation is 1. The van der Waals surface area contributed by atoms with Crippen LogP contribution < -0.4 is 5.32 Å². The van der Waals surface area contributed by atoms with Gasteiger partial charge in [0.25, 0.3) is 0 Å². The molecule has 1 unspecified atom stereocenters. The van der Waals surface area contributed by atoms with E-state index in [9.17, 15) is 9.59 Å². The molecule has 2 heterocycles. The smallest absolute Gasteiger partial charge is 0.327 e. The Labute approximate surface area is 115 Å². The van der Waals surface area contributed by atoms with Crippen molar-refractivity contribution in [3.05, 3.63) is 24.0 Å². The van der Waals surface area contributed by atoms with Crippen LogP contribution in [0.1, 0.15) is 5.69 Å². The summed E-state index contributed by atoms with van der Waals surface area (Å²) in [5.74, 6) is 0.211. The average molecular weight is 281 g/mol. The first-order valence-electron chi connectivity index (χ1n) is 5.89. The zero-order valence-electron chi connectivity index (χ0n) is 10.5. The highest BCUT2D eigenvalue weighted by molar-refractivity contribution is 7.99. The first-order valence-corrected chi connectivity index (χ1v) is 7.04. The Balaban J connectivity index is 2.05. The van der Waals surface area contributed by atoms with E-state index in [1.165, 1.54) is 4.90 Å². The van der Waals surface area contributed by atoms with Crippen LogP contribution in [0.4, 0.5) is 10.5 Å². The van der Waals surface area contributed by atoms with Crippen LogP contribution in [0.15, 0.2) is 18.3 Å². The van der Waals surface area contributed by atoms with Gasteiger partial charge >= 0.3 is 12.0 Å². The molecule has 2 N–H and O–H groups in total. The molecule has 2 amide bonds. The molecule has 0 aromatic carbocycles. The fourth-order valence-corrected chi connectivity index (χ4v) is 2.83. The summed E-state index contributed by atoms with van der Waals surface area (Å²) in [4.78, 5) is 28.6. The lowest BCUT2D eigenvalue weighted by atomic mass is 10.3. The number of hydrogen-bond acceptors (Lipinski definition) is 4. The van der Waals surface area contributed by atoms with Gasteiger partial charge in [-0.05, 0) is 19.1 Å². The number of carbonyl (C=O) groups excluding carboxylic acids is 1. The zero-order chi connectivity index (χ0) is 13.8. The highest BCUT2D eigenvalue weighted by atomic mass is 32.2. The van der Waals surface area contributed by atoms with Gasteiger partial charge in [-0.15, -0.1) is 0 Å². The van der Waals surface area contributed by atoms with Crippen molar-refractivity contribution in [2.24, 2.45) is 0 Å². The molecule has 7 heteroatoms. The molecule has 0 aliphatic carbocycles. The molecule has 19 heavy (non-hydrogen) atoms. The van der Waals surface area contributed by atoms with E-state index in [1.54, 1.807) is 30.1 Å². The van der Waals surface area contributed by atoms with Crippen molar-refractivity contribution in [1.82, 2.24) is 9.88 Å². The van der Waals surface area contributed by atoms with E-state index in [0.29, 0.717) is 18.0 Å². The molecule has 1 saturated heterocycles. The van der Waals surface area contributed by atoms with Crippen LogP contribution in [-0.2, 0) is 4.79 Å². The number of anilines is 1. The quantitative estimate of drug-likeness (QED) is 0.856. The van der Waals surface area contributed by atoms with Crippen molar-refractivity contribution >= 4 is 29.4 Å². The molecule has 0 saturated carbocycles. The van der Waals surface area contributed by atoms with E-state index >= 15 is 0 Å². The van der Waals surface area contributed by atoms with E-state index in [-0.39, 0.29) is 0 Å². The van der Waals surface area contributed by atoms with Crippen LogP contribution in [0, 0.1) is 6.92 Å². The lowest BCUT2D eigenvalue weighted by molar-refractivity contribution is -0.141. The first kappa shape index (κ1) is 13.7. The second-order valence-electron chi connectivity index (χ2n) is 4.24.